The van der Waals surface area contributed by atoms with Crippen molar-refractivity contribution in [3.63, 3.8) is 0 Å². The van der Waals surface area contributed by atoms with Crippen LogP contribution < -0.4 is 4.90 Å². The van der Waals surface area contributed by atoms with Gasteiger partial charge in [-0.25, -0.2) is 9.50 Å². The molecule has 0 radical (unpaired) electrons. The summed E-state index contributed by atoms with van der Waals surface area (Å²) in [6.45, 7) is 5.62. The van der Waals surface area contributed by atoms with Gasteiger partial charge in [0.1, 0.15) is 0 Å². The molecule has 2 aliphatic rings. The number of hydrogen-bond donors (Lipinski definition) is 0. The van der Waals surface area contributed by atoms with E-state index in [0.29, 0.717) is 12.1 Å². The van der Waals surface area contributed by atoms with Gasteiger partial charge in [-0.15, -0.1) is 5.10 Å². The zero-order chi connectivity index (χ0) is 15.3. The lowest BCUT2D eigenvalue weighted by Crippen LogP contribution is -2.47. The molecule has 2 fully saturated rings. The molecule has 2 aromatic rings. The molecule has 118 valence electrons. The summed E-state index contributed by atoms with van der Waals surface area (Å²) < 4.78 is 1.88. The Morgan fingerprint density at radius 1 is 1.27 bits per heavy atom. The van der Waals surface area contributed by atoms with E-state index in [-0.39, 0.29) is 5.91 Å². The molecule has 0 aromatic carbocycles. The number of rotatable bonds is 2. The first-order chi connectivity index (χ1) is 10.6. The molecule has 7 heteroatoms. The van der Waals surface area contributed by atoms with Crippen LogP contribution in [0.5, 0.6) is 0 Å². The fourth-order valence-corrected chi connectivity index (χ4v) is 4.94. The molecule has 0 aliphatic carbocycles. The first kappa shape index (κ1) is 14.0. The lowest BCUT2D eigenvalue weighted by Gasteiger charge is -2.34. The Morgan fingerprint density at radius 3 is 2.82 bits per heavy atom. The van der Waals surface area contributed by atoms with Crippen LogP contribution in [0.3, 0.4) is 0 Å². The number of carbonyl (C=O) groups excluding carboxylic acids is 1. The number of carbonyl (C=O) groups is 1. The topological polar surface area (TPSA) is 53.7 Å². The summed E-state index contributed by atoms with van der Waals surface area (Å²) in [6.07, 6.45) is 6.53. The second-order valence-electron chi connectivity index (χ2n) is 6.32. The summed E-state index contributed by atoms with van der Waals surface area (Å²) in [5.74, 6) is 0.207. The number of likely N-dealkylation sites (tertiary alicyclic amines) is 1. The molecule has 2 unspecified atom stereocenters. The van der Waals surface area contributed by atoms with Crippen LogP contribution in [0.15, 0.2) is 6.20 Å². The zero-order valence-electron chi connectivity index (χ0n) is 13.0. The Balaban J connectivity index is 1.62. The van der Waals surface area contributed by atoms with Gasteiger partial charge in [0.2, 0.25) is 16.0 Å². The van der Waals surface area contributed by atoms with Gasteiger partial charge in [-0.2, -0.15) is 0 Å². The van der Waals surface area contributed by atoms with Crippen molar-refractivity contribution in [1.29, 1.82) is 0 Å². The minimum Gasteiger partial charge on any atom is -0.342 e. The molecule has 22 heavy (non-hydrogen) atoms. The molecular weight excluding hydrogens is 298 g/mol. The number of fused-ring (bicyclic) bond motifs is 1. The smallest absolute Gasteiger partial charge is 0.219 e. The Bertz CT molecular complexity index is 676. The highest BCUT2D eigenvalue weighted by Gasteiger charge is 2.39. The zero-order valence-corrected chi connectivity index (χ0v) is 13.8. The van der Waals surface area contributed by atoms with Gasteiger partial charge in [0.15, 0.2) is 0 Å². The number of nitrogens with zero attached hydrogens (tertiary/aromatic N) is 5. The molecule has 0 N–H and O–H groups in total. The van der Waals surface area contributed by atoms with Gasteiger partial charge in [-0.3, -0.25) is 4.79 Å². The van der Waals surface area contributed by atoms with Crippen LogP contribution in [0.25, 0.3) is 4.96 Å². The number of aromatic nitrogens is 3. The van der Waals surface area contributed by atoms with E-state index in [0.717, 1.165) is 48.1 Å². The van der Waals surface area contributed by atoms with Crippen molar-refractivity contribution in [2.24, 2.45) is 0 Å². The van der Waals surface area contributed by atoms with E-state index >= 15 is 0 Å². The van der Waals surface area contributed by atoms with Crippen molar-refractivity contribution in [3.8, 4) is 0 Å². The van der Waals surface area contributed by atoms with Crippen LogP contribution in [0, 0.1) is 6.92 Å². The normalized spacial score (nSPS) is 25.5. The van der Waals surface area contributed by atoms with Crippen molar-refractivity contribution in [2.45, 2.75) is 51.6 Å². The quantitative estimate of drug-likeness (QED) is 0.850. The van der Waals surface area contributed by atoms with Crippen molar-refractivity contribution in [2.75, 3.05) is 18.0 Å². The van der Waals surface area contributed by atoms with E-state index in [2.05, 4.69) is 14.8 Å². The molecule has 4 heterocycles. The second kappa shape index (κ2) is 5.22. The van der Waals surface area contributed by atoms with E-state index in [9.17, 15) is 4.79 Å². The van der Waals surface area contributed by atoms with Crippen LogP contribution in [0.2, 0.25) is 0 Å². The first-order valence-electron chi connectivity index (χ1n) is 8.00. The Morgan fingerprint density at radius 2 is 2.05 bits per heavy atom. The third kappa shape index (κ3) is 2.18. The number of hydrogen-bond acceptors (Lipinski definition) is 5. The molecule has 1 amide bonds. The highest BCUT2D eigenvalue weighted by atomic mass is 32.1. The third-order valence-corrected chi connectivity index (χ3v) is 5.81. The van der Waals surface area contributed by atoms with Crippen molar-refractivity contribution >= 4 is 27.3 Å². The van der Waals surface area contributed by atoms with Gasteiger partial charge >= 0.3 is 0 Å². The average molecular weight is 319 g/mol. The van der Waals surface area contributed by atoms with Crippen LogP contribution in [-0.2, 0) is 4.79 Å². The Labute approximate surface area is 133 Å². The van der Waals surface area contributed by atoms with E-state index < -0.39 is 0 Å². The fraction of sp³-hybridized carbons (Fsp3) is 0.667. The van der Waals surface area contributed by atoms with E-state index in [1.165, 1.54) is 6.42 Å². The van der Waals surface area contributed by atoms with Crippen LogP contribution in [0.1, 0.15) is 38.3 Å². The van der Waals surface area contributed by atoms with Crippen LogP contribution in [-0.4, -0.2) is 50.6 Å². The van der Waals surface area contributed by atoms with Crippen molar-refractivity contribution < 1.29 is 4.79 Å². The SMILES string of the molecule is CC(=O)N1CCCC1C1CCCN1c1nn2cc(C)nc2s1. The first-order valence-corrected chi connectivity index (χ1v) is 8.82. The summed E-state index contributed by atoms with van der Waals surface area (Å²) in [5, 5.41) is 5.74. The molecule has 0 bridgehead atoms. The standard InChI is InChI=1S/C15H21N5OS/c1-10-9-20-14(16-10)22-15(17-20)19-8-4-6-13(19)12-5-3-7-18(12)11(2)21/h9,12-13H,3-8H2,1-2H3. The van der Waals surface area contributed by atoms with Crippen LogP contribution in [0.4, 0.5) is 5.13 Å². The maximum atomic E-state index is 11.9. The summed E-state index contributed by atoms with van der Waals surface area (Å²) >= 11 is 1.65. The summed E-state index contributed by atoms with van der Waals surface area (Å²) in [7, 11) is 0. The van der Waals surface area contributed by atoms with Gasteiger partial charge in [-0.1, -0.05) is 11.3 Å². The van der Waals surface area contributed by atoms with Crippen LogP contribution >= 0.6 is 11.3 Å². The lowest BCUT2D eigenvalue weighted by molar-refractivity contribution is -0.129. The number of imidazole rings is 1. The average Bonchev–Trinajstić information content (AvgIpc) is 3.19. The number of amides is 1. The lowest BCUT2D eigenvalue weighted by atomic mass is 10.0. The fourth-order valence-electron chi connectivity index (χ4n) is 3.93. The van der Waals surface area contributed by atoms with Gasteiger partial charge in [0.25, 0.3) is 0 Å². The minimum absolute atomic E-state index is 0.207. The maximum absolute atomic E-state index is 11.9. The maximum Gasteiger partial charge on any atom is 0.219 e. The largest absolute Gasteiger partial charge is 0.342 e. The predicted molar refractivity (Wildman–Crippen MR) is 86.4 cm³/mol. The highest BCUT2D eigenvalue weighted by molar-refractivity contribution is 7.20. The van der Waals surface area contributed by atoms with Gasteiger partial charge in [0, 0.05) is 20.0 Å². The summed E-state index contributed by atoms with van der Waals surface area (Å²) in [6, 6.07) is 0.751. The van der Waals surface area contributed by atoms with E-state index in [1.54, 1.807) is 18.3 Å². The van der Waals surface area contributed by atoms with E-state index in [1.807, 2.05) is 17.6 Å². The molecular formula is C15H21N5OS. The molecule has 0 saturated carbocycles. The number of aryl methyl sites for hydroxylation is 1. The molecule has 4 rings (SSSR count). The van der Waals surface area contributed by atoms with E-state index in [4.69, 9.17) is 5.10 Å². The summed E-state index contributed by atoms with van der Waals surface area (Å²) in [5.41, 5.74) is 1.00. The van der Waals surface area contributed by atoms with Crippen molar-refractivity contribution in [3.05, 3.63) is 11.9 Å². The number of anilines is 1. The van der Waals surface area contributed by atoms with Gasteiger partial charge in [-0.05, 0) is 32.6 Å². The Hall–Kier alpha value is -1.63. The second-order valence-corrected chi connectivity index (χ2v) is 7.25. The Kier molecular flexibility index (Phi) is 3.32. The van der Waals surface area contributed by atoms with Gasteiger partial charge < -0.3 is 9.80 Å². The monoisotopic (exact) mass is 319 g/mol. The molecule has 6 nitrogen and oxygen atoms in total. The summed E-state index contributed by atoms with van der Waals surface area (Å²) in [4.78, 5) is 21.8. The molecule has 2 aromatic heterocycles. The molecule has 2 saturated heterocycles. The molecule has 2 aliphatic heterocycles. The van der Waals surface area contributed by atoms with Crippen molar-refractivity contribution in [1.82, 2.24) is 19.5 Å². The minimum atomic E-state index is 0.207. The highest BCUT2D eigenvalue weighted by Crippen LogP contribution is 2.35. The molecule has 2 atom stereocenters. The molecule has 0 spiro atoms. The third-order valence-electron chi connectivity index (χ3n) is 4.85. The predicted octanol–water partition coefficient (Wildman–Crippen LogP) is 2.08. The van der Waals surface area contributed by atoms with Gasteiger partial charge in [0.05, 0.1) is 24.0 Å².